The van der Waals surface area contributed by atoms with Crippen LogP contribution in [0, 0.1) is 0 Å². The van der Waals surface area contributed by atoms with Crippen molar-refractivity contribution >= 4 is 65.0 Å². The number of rotatable bonds is 6. The average Bonchev–Trinajstić information content (AvgIpc) is 3.70. The Kier molecular flexibility index (Phi) is 8.53. The minimum Gasteiger partial charge on any atom is -0.309 e. The van der Waals surface area contributed by atoms with Gasteiger partial charge in [-0.25, -0.2) is 9.97 Å². The lowest BCUT2D eigenvalue weighted by molar-refractivity contribution is 1.18. The predicted molar refractivity (Wildman–Crippen MR) is 274 cm³/mol. The molecule has 3 nitrogen and oxygen atoms in total. The first-order valence-electron chi connectivity index (χ1n) is 22.2. The van der Waals surface area contributed by atoms with Gasteiger partial charge >= 0.3 is 0 Å². The van der Waals surface area contributed by atoms with Gasteiger partial charge in [0.2, 0.25) is 0 Å². The Morgan fingerprint density at radius 1 is 0.292 bits per heavy atom. The zero-order valence-electron chi connectivity index (χ0n) is 35.4. The lowest BCUT2D eigenvalue weighted by atomic mass is 9.91. The summed E-state index contributed by atoms with van der Waals surface area (Å²) in [5.41, 5.74) is 14.2. The Bertz CT molecular complexity index is 3980. The SMILES string of the molecule is c1ccc(-c2cc3nc(-c4cc(-n5c6cc7ccccc7cc6c6c(-c7ccc8ccccc8c7)cccc65)cc5ccccc45)nc(-c4ccccc4)c3cc2-c2ccccc2)cc1. The van der Waals surface area contributed by atoms with Gasteiger partial charge in [0, 0.05) is 33.0 Å². The molecule has 0 radical (unpaired) electrons. The largest absolute Gasteiger partial charge is 0.309 e. The van der Waals surface area contributed by atoms with Crippen LogP contribution in [0.4, 0.5) is 0 Å². The molecule has 65 heavy (non-hydrogen) atoms. The molecule has 0 saturated heterocycles. The van der Waals surface area contributed by atoms with E-state index in [2.05, 4.69) is 241 Å². The number of benzene rings is 11. The van der Waals surface area contributed by atoms with Crippen LogP contribution >= 0.6 is 0 Å². The van der Waals surface area contributed by atoms with Crippen molar-refractivity contribution in [1.29, 1.82) is 0 Å². The highest BCUT2D eigenvalue weighted by molar-refractivity contribution is 6.19. The van der Waals surface area contributed by atoms with E-state index in [1.54, 1.807) is 0 Å². The van der Waals surface area contributed by atoms with Gasteiger partial charge in [0.15, 0.2) is 5.82 Å². The smallest absolute Gasteiger partial charge is 0.161 e. The van der Waals surface area contributed by atoms with Crippen LogP contribution in [-0.2, 0) is 0 Å². The summed E-state index contributed by atoms with van der Waals surface area (Å²) < 4.78 is 2.45. The monoisotopic (exact) mass is 825 g/mol. The number of aromatic nitrogens is 3. The lowest BCUT2D eigenvalue weighted by Crippen LogP contribution is -2.00. The normalized spacial score (nSPS) is 11.7. The molecule has 0 saturated carbocycles. The van der Waals surface area contributed by atoms with Gasteiger partial charge in [-0.2, -0.15) is 0 Å². The van der Waals surface area contributed by atoms with Crippen molar-refractivity contribution in [3.63, 3.8) is 0 Å². The first-order valence-corrected chi connectivity index (χ1v) is 22.2. The molecule has 0 unspecified atom stereocenters. The molecule has 0 aliphatic rings. The third-order valence-corrected chi connectivity index (χ3v) is 13.1. The van der Waals surface area contributed by atoms with Crippen LogP contribution < -0.4 is 0 Å². The maximum absolute atomic E-state index is 5.57. The summed E-state index contributed by atoms with van der Waals surface area (Å²) in [6, 6.07) is 85.4. The maximum Gasteiger partial charge on any atom is 0.161 e. The van der Waals surface area contributed by atoms with Crippen LogP contribution in [0.3, 0.4) is 0 Å². The van der Waals surface area contributed by atoms with E-state index in [0.717, 1.165) is 77.5 Å². The van der Waals surface area contributed by atoms with Gasteiger partial charge in [0.25, 0.3) is 0 Å². The summed E-state index contributed by atoms with van der Waals surface area (Å²) in [5.74, 6) is 0.684. The molecule has 0 N–H and O–H groups in total. The topological polar surface area (TPSA) is 30.7 Å². The molecule has 0 aliphatic heterocycles. The summed E-state index contributed by atoms with van der Waals surface area (Å²) in [6.07, 6.45) is 0. The molecule has 3 heteroatoms. The Morgan fingerprint density at radius 2 is 0.892 bits per heavy atom. The van der Waals surface area contributed by atoms with Crippen molar-refractivity contribution in [3.05, 3.63) is 237 Å². The fourth-order valence-electron chi connectivity index (χ4n) is 10.1. The number of nitrogens with zero attached hydrogens (tertiary/aromatic N) is 3. The molecule has 0 spiro atoms. The maximum atomic E-state index is 5.57. The fourth-order valence-corrected chi connectivity index (χ4v) is 10.1. The van der Waals surface area contributed by atoms with Crippen molar-refractivity contribution in [1.82, 2.24) is 14.5 Å². The van der Waals surface area contributed by atoms with Crippen molar-refractivity contribution in [2.24, 2.45) is 0 Å². The van der Waals surface area contributed by atoms with Gasteiger partial charge in [-0.1, -0.05) is 188 Å². The van der Waals surface area contributed by atoms with Crippen LogP contribution in [0.15, 0.2) is 237 Å². The Hall–Kier alpha value is -8.66. The second-order valence-electron chi connectivity index (χ2n) is 16.9. The van der Waals surface area contributed by atoms with E-state index in [9.17, 15) is 0 Å². The summed E-state index contributed by atoms with van der Waals surface area (Å²) in [5, 5.41) is 10.6. The third-order valence-electron chi connectivity index (χ3n) is 13.1. The van der Waals surface area contributed by atoms with Gasteiger partial charge in [-0.15, -0.1) is 0 Å². The first-order chi connectivity index (χ1) is 32.2. The molecule has 0 amide bonds. The van der Waals surface area contributed by atoms with Crippen LogP contribution in [0.1, 0.15) is 0 Å². The van der Waals surface area contributed by atoms with E-state index in [1.807, 2.05) is 0 Å². The van der Waals surface area contributed by atoms with E-state index in [-0.39, 0.29) is 0 Å². The first kappa shape index (κ1) is 36.9. The molecular weight excluding hydrogens is 787 g/mol. The van der Waals surface area contributed by atoms with Crippen LogP contribution in [0.25, 0.3) is 127 Å². The molecule has 0 bridgehead atoms. The van der Waals surface area contributed by atoms with Gasteiger partial charge in [0.1, 0.15) is 0 Å². The van der Waals surface area contributed by atoms with Gasteiger partial charge in [-0.3, -0.25) is 0 Å². The third kappa shape index (κ3) is 6.20. The highest BCUT2D eigenvalue weighted by Crippen LogP contribution is 2.44. The molecule has 302 valence electrons. The summed E-state index contributed by atoms with van der Waals surface area (Å²) >= 11 is 0. The average molecular weight is 826 g/mol. The Morgan fingerprint density at radius 3 is 1.62 bits per heavy atom. The second-order valence-corrected chi connectivity index (χ2v) is 16.9. The zero-order chi connectivity index (χ0) is 42.8. The quantitative estimate of drug-likeness (QED) is 0.167. The van der Waals surface area contributed by atoms with E-state index in [1.165, 1.54) is 43.4 Å². The summed E-state index contributed by atoms with van der Waals surface area (Å²) in [4.78, 5) is 11.1. The summed E-state index contributed by atoms with van der Waals surface area (Å²) in [6.45, 7) is 0. The van der Waals surface area contributed by atoms with Gasteiger partial charge < -0.3 is 4.57 Å². The van der Waals surface area contributed by atoms with Crippen molar-refractivity contribution < 1.29 is 0 Å². The minimum atomic E-state index is 0.684. The van der Waals surface area contributed by atoms with E-state index in [4.69, 9.17) is 9.97 Å². The molecular formula is C62H39N3. The van der Waals surface area contributed by atoms with E-state index < -0.39 is 0 Å². The molecule has 0 aliphatic carbocycles. The lowest BCUT2D eigenvalue weighted by Gasteiger charge is -2.17. The molecule has 2 aromatic heterocycles. The zero-order valence-corrected chi connectivity index (χ0v) is 35.4. The Balaban J connectivity index is 1.10. The fraction of sp³-hybridized carbons (Fsp3) is 0. The van der Waals surface area contributed by atoms with Gasteiger partial charge in [-0.05, 0) is 114 Å². The van der Waals surface area contributed by atoms with E-state index >= 15 is 0 Å². The number of hydrogen-bond donors (Lipinski definition) is 0. The molecule has 13 aromatic rings. The minimum absolute atomic E-state index is 0.684. The molecule has 11 aromatic carbocycles. The van der Waals surface area contributed by atoms with Crippen LogP contribution in [-0.4, -0.2) is 14.5 Å². The Labute approximate surface area is 376 Å². The highest BCUT2D eigenvalue weighted by atomic mass is 15.0. The van der Waals surface area contributed by atoms with Crippen LogP contribution in [0.2, 0.25) is 0 Å². The van der Waals surface area contributed by atoms with Crippen LogP contribution in [0.5, 0.6) is 0 Å². The molecule has 2 heterocycles. The highest BCUT2D eigenvalue weighted by Gasteiger charge is 2.22. The predicted octanol–water partition coefficient (Wildman–Crippen LogP) is 16.5. The molecule has 0 atom stereocenters. The number of fused-ring (bicyclic) bond motifs is 7. The molecule has 0 fully saturated rings. The standard InChI is InChI=1S/C62H39N3/c1-4-18-41(19-5-1)52-38-55-57(39-53(52)42-20-6-2-7-21-42)63-62(64-61(55)43-22-8-3-9-23-43)54-37-49(34-47-27-14-15-28-50(47)54)65-58-30-16-29-51(48-32-31-40-17-10-11-24-44(40)33-48)60(58)56-35-45-25-12-13-26-46(45)36-59(56)65/h1-39H. The second kappa shape index (κ2) is 15.0. The number of hydrogen-bond acceptors (Lipinski definition) is 2. The van der Waals surface area contributed by atoms with E-state index in [0.29, 0.717) is 5.82 Å². The van der Waals surface area contributed by atoms with Crippen molar-refractivity contribution in [2.45, 2.75) is 0 Å². The van der Waals surface area contributed by atoms with Crippen molar-refractivity contribution in [2.75, 3.05) is 0 Å². The molecule has 13 rings (SSSR count). The van der Waals surface area contributed by atoms with Crippen molar-refractivity contribution in [3.8, 4) is 61.7 Å². The summed E-state index contributed by atoms with van der Waals surface area (Å²) in [7, 11) is 0. The van der Waals surface area contributed by atoms with Gasteiger partial charge in [0.05, 0.1) is 22.2 Å².